The highest BCUT2D eigenvalue weighted by Crippen LogP contribution is 2.21. The summed E-state index contributed by atoms with van der Waals surface area (Å²) in [4.78, 5) is 2.30. The zero-order valence-corrected chi connectivity index (χ0v) is 14.1. The molecule has 0 atom stereocenters. The van der Waals surface area contributed by atoms with Gasteiger partial charge in [-0.25, -0.2) is 13.1 Å². The minimum Gasteiger partial charge on any atom is -0.314 e. The van der Waals surface area contributed by atoms with Gasteiger partial charge in [0.2, 0.25) is 10.0 Å². The van der Waals surface area contributed by atoms with Gasteiger partial charge in [0.25, 0.3) is 0 Å². The summed E-state index contributed by atoms with van der Waals surface area (Å²) in [5, 5.41) is 3.41. The molecule has 0 radical (unpaired) electrons. The summed E-state index contributed by atoms with van der Waals surface area (Å²) in [5.74, 6) is 0.256. The van der Waals surface area contributed by atoms with Crippen LogP contribution in [0.3, 0.4) is 0 Å². The van der Waals surface area contributed by atoms with Crippen molar-refractivity contribution in [1.82, 2.24) is 14.9 Å². The lowest BCUT2D eigenvalue weighted by atomic mass is 10.2. The molecule has 2 aliphatic rings. The molecule has 0 saturated heterocycles. The molecule has 2 aliphatic carbocycles. The number of hydrogen-bond donors (Lipinski definition) is 2. The van der Waals surface area contributed by atoms with E-state index in [1.54, 1.807) is 0 Å². The average Bonchev–Trinajstić information content (AvgIpc) is 3.09. The van der Waals surface area contributed by atoms with Gasteiger partial charge < -0.3 is 10.2 Å². The van der Waals surface area contributed by atoms with Gasteiger partial charge in [0.1, 0.15) is 0 Å². The molecule has 0 unspecified atom stereocenters. The predicted molar refractivity (Wildman–Crippen MR) is 86.9 cm³/mol. The second-order valence-electron chi connectivity index (χ2n) is 6.57. The first-order valence-electron chi connectivity index (χ1n) is 8.48. The Kier molecular flexibility index (Phi) is 6.92. The van der Waals surface area contributed by atoms with Crippen LogP contribution in [0.15, 0.2) is 0 Å². The number of likely N-dealkylation sites (N-methyl/N-ethyl adjacent to an activating group) is 1. The van der Waals surface area contributed by atoms with Crippen molar-refractivity contribution in [3.8, 4) is 0 Å². The lowest BCUT2D eigenvalue weighted by Gasteiger charge is -2.23. The van der Waals surface area contributed by atoms with Crippen LogP contribution in [0, 0.1) is 0 Å². The Balaban J connectivity index is 1.50. The number of nitrogens with one attached hydrogen (secondary N) is 2. The van der Waals surface area contributed by atoms with Crippen molar-refractivity contribution in [3.05, 3.63) is 0 Å². The van der Waals surface area contributed by atoms with Gasteiger partial charge in [-0.15, -0.1) is 0 Å². The minimum atomic E-state index is -3.09. The molecular weight excluding hydrogens is 286 g/mol. The summed E-state index contributed by atoms with van der Waals surface area (Å²) in [6.07, 6.45) is 9.41. The highest BCUT2D eigenvalue weighted by molar-refractivity contribution is 7.89. The van der Waals surface area contributed by atoms with Crippen LogP contribution in [0.2, 0.25) is 0 Å². The Morgan fingerprint density at radius 3 is 2.43 bits per heavy atom. The number of hydrogen-bond acceptors (Lipinski definition) is 4. The average molecular weight is 317 g/mol. The number of sulfonamides is 1. The SMILES string of the molecule is CN(CCNS(=O)(=O)CCCCNC1CC1)C1CCCC1. The van der Waals surface area contributed by atoms with E-state index in [1.807, 2.05) is 0 Å². The third-order valence-electron chi connectivity index (χ3n) is 4.58. The summed E-state index contributed by atoms with van der Waals surface area (Å²) in [6, 6.07) is 1.37. The van der Waals surface area contributed by atoms with E-state index < -0.39 is 10.0 Å². The molecule has 0 aromatic heterocycles. The number of nitrogens with zero attached hydrogens (tertiary/aromatic N) is 1. The van der Waals surface area contributed by atoms with E-state index in [-0.39, 0.29) is 5.75 Å². The Morgan fingerprint density at radius 2 is 1.76 bits per heavy atom. The summed E-state index contributed by atoms with van der Waals surface area (Å²) >= 11 is 0. The molecule has 0 aliphatic heterocycles. The molecule has 6 heteroatoms. The zero-order chi connectivity index (χ0) is 15.1. The van der Waals surface area contributed by atoms with Gasteiger partial charge in [0, 0.05) is 25.2 Å². The fourth-order valence-electron chi connectivity index (χ4n) is 2.99. The Morgan fingerprint density at radius 1 is 1.05 bits per heavy atom. The molecule has 0 aromatic rings. The molecule has 0 amide bonds. The van der Waals surface area contributed by atoms with E-state index in [1.165, 1.54) is 38.5 Å². The standard InChI is InChI=1S/C15H31N3O2S/c1-18(15-6-2-3-7-15)12-11-17-21(19,20)13-5-4-10-16-14-8-9-14/h14-17H,2-13H2,1H3. The molecule has 0 heterocycles. The van der Waals surface area contributed by atoms with Gasteiger partial charge in [-0.1, -0.05) is 12.8 Å². The van der Waals surface area contributed by atoms with Gasteiger partial charge in [-0.3, -0.25) is 0 Å². The van der Waals surface area contributed by atoms with Crippen molar-refractivity contribution in [2.75, 3.05) is 32.4 Å². The van der Waals surface area contributed by atoms with Gasteiger partial charge in [-0.2, -0.15) is 0 Å². The smallest absolute Gasteiger partial charge is 0.211 e. The van der Waals surface area contributed by atoms with Crippen LogP contribution in [0.1, 0.15) is 51.4 Å². The van der Waals surface area contributed by atoms with E-state index in [0.717, 1.165) is 25.9 Å². The lowest BCUT2D eigenvalue weighted by molar-refractivity contribution is 0.250. The van der Waals surface area contributed by atoms with E-state index in [0.29, 0.717) is 18.6 Å². The maximum absolute atomic E-state index is 11.9. The minimum absolute atomic E-state index is 0.256. The highest BCUT2D eigenvalue weighted by atomic mass is 32.2. The van der Waals surface area contributed by atoms with Crippen LogP contribution >= 0.6 is 0 Å². The first-order valence-corrected chi connectivity index (χ1v) is 10.1. The summed E-state index contributed by atoms with van der Waals surface area (Å²) in [6.45, 7) is 2.30. The van der Waals surface area contributed by atoms with Crippen LogP contribution < -0.4 is 10.0 Å². The van der Waals surface area contributed by atoms with E-state index in [2.05, 4.69) is 22.0 Å². The van der Waals surface area contributed by atoms with Crippen molar-refractivity contribution in [2.24, 2.45) is 0 Å². The van der Waals surface area contributed by atoms with Gasteiger partial charge in [0.05, 0.1) is 5.75 Å². The number of rotatable bonds is 11. The lowest BCUT2D eigenvalue weighted by Crippen LogP contribution is -2.38. The van der Waals surface area contributed by atoms with Crippen molar-refractivity contribution < 1.29 is 8.42 Å². The third kappa shape index (κ3) is 7.08. The molecule has 0 spiro atoms. The Bertz CT molecular complexity index is 390. The number of unbranched alkanes of at least 4 members (excludes halogenated alkanes) is 1. The van der Waals surface area contributed by atoms with Crippen molar-refractivity contribution in [3.63, 3.8) is 0 Å². The van der Waals surface area contributed by atoms with Crippen LogP contribution in [0.25, 0.3) is 0 Å². The normalized spacial score (nSPS) is 20.5. The molecule has 124 valence electrons. The van der Waals surface area contributed by atoms with Crippen LogP contribution in [-0.4, -0.2) is 57.8 Å². The fraction of sp³-hybridized carbons (Fsp3) is 1.00. The summed E-state index contributed by atoms with van der Waals surface area (Å²) in [5.41, 5.74) is 0. The quantitative estimate of drug-likeness (QED) is 0.564. The maximum atomic E-state index is 11.9. The van der Waals surface area contributed by atoms with Gasteiger partial charge in [-0.05, 0) is 52.1 Å². The second kappa shape index (κ2) is 8.46. The van der Waals surface area contributed by atoms with E-state index >= 15 is 0 Å². The third-order valence-corrected chi connectivity index (χ3v) is 6.05. The maximum Gasteiger partial charge on any atom is 0.211 e. The molecule has 2 saturated carbocycles. The van der Waals surface area contributed by atoms with Crippen LogP contribution in [0.5, 0.6) is 0 Å². The van der Waals surface area contributed by atoms with Crippen molar-refractivity contribution in [2.45, 2.75) is 63.5 Å². The molecule has 0 aromatic carbocycles. The monoisotopic (exact) mass is 317 g/mol. The van der Waals surface area contributed by atoms with E-state index in [9.17, 15) is 8.42 Å². The Hall–Kier alpha value is -0.170. The molecule has 2 fully saturated rings. The van der Waals surface area contributed by atoms with Gasteiger partial charge in [0.15, 0.2) is 0 Å². The predicted octanol–water partition coefficient (Wildman–Crippen LogP) is 1.31. The first-order chi connectivity index (χ1) is 10.1. The van der Waals surface area contributed by atoms with Crippen molar-refractivity contribution in [1.29, 1.82) is 0 Å². The van der Waals surface area contributed by atoms with Crippen LogP contribution in [0.4, 0.5) is 0 Å². The molecule has 0 bridgehead atoms. The largest absolute Gasteiger partial charge is 0.314 e. The molecule has 2 N–H and O–H groups in total. The Labute approximate surface area is 129 Å². The molecule has 5 nitrogen and oxygen atoms in total. The van der Waals surface area contributed by atoms with E-state index in [4.69, 9.17) is 0 Å². The van der Waals surface area contributed by atoms with Gasteiger partial charge >= 0.3 is 0 Å². The summed E-state index contributed by atoms with van der Waals surface area (Å²) in [7, 11) is -0.985. The highest BCUT2D eigenvalue weighted by Gasteiger charge is 2.20. The van der Waals surface area contributed by atoms with Crippen molar-refractivity contribution >= 4 is 10.0 Å². The fourth-order valence-corrected chi connectivity index (χ4v) is 4.12. The zero-order valence-electron chi connectivity index (χ0n) is 13.3. The molecular formula is C15H31N3O2S. The second-order valence-corrected chi connectivity index (χ2v) is 8.49. The topological polar surface area (TPSA) is 61.4 Å². The first kappa shape index (κ1) is 17.2. The molecule has 2 rings (SSSR count). The molecule has 21 heavy (non-hydrogen) atoms. The summed E-state index contributed by atoms with van der Waals surface area (Å²) < 4.78 is 26.5. The van der Waals surface area contributed by atoms with Crippen LogP contribution in [-0.2, 0) is 10.0 Å².